The Kier molecular flexibility index (Phi) is 5.79. The predicted octanol–water partition coefficient (Wildman–Crippen LogP) is 8.99. The van der Waals surface area contributed by atoms with Crippen LogP contribution in [0.25, 0.3) is 55.2 Å². The first kappa shape index (κ1) is 25.0. The molecular formula is C37H27N5O. The van der Waals surface area contributed by atoms with Gasteiger partial charge in [-0.15, -0.1) is 0 Å². The number of benzene rings is 4. The van der Waals surface area contributed by atoms with Crippen molar-refractivity contribution in [3.63, 3.8) is 0 Å². The molecule has 0 spiro atoms. The quantitative estimate of drug-likeness (QED) is 0.212. The van der Waals surface area contributed by atoms with Crippen LogP contribution in [0.1, 0.15) is 11.4 Å². The number of hydrogen-bond acceptors (Lipinski definition) is 4. The molecule has 8 aromatic rings. The molecule has 206 valence electrons. The molecule has 0 aliphatic carbocycles. The van der Waals surface area contributed by atoms with E-state index in [0.29, 0.717) is 0 Å². The summed E-state index contributed by atoms with van der Waals surface area (Å²) in [5, 5.41) is 9.57. The van der Waals surface area contributed by atoms with Crippen molar-refractivity contribution >= 4 is 32.6 Å². The molecule has 0 fully saturated rings. The van der Waals surface area contributed by atoms with E-state index in [1.807, 2.05) is 65.7 Å². The van der Waals surface area contributed by atoms with Crippen molar-refractivity contribution < 1.29 is 4.74 Å². The van der Waals surface area contributed by atoms with Gasteiger partial charge in [-0.1, -0.05) is 48.5 Å². The average molecular weight is 558 g/mol. The van der Waals surface area contributed by atoms with Crippen molar-refractivity contribution in [1.82, 2.24) is 24.3 Å². The molecule has 0 saturated heterocycles. The Bertz CT molecular complexity index is 2290. The van der Waals surface area contributed by atoms with Crippen LogP contribution in [0.4, 0.5) is 0 Å². The van der Waals surface area contributed by atoms with Gasteiger partial charge in [0.05, 0.1) is 22.4 Å². The second-order valence-electron chi connectivity index (χ2n) is 10.7. The van der Waals surface area contributed by atoms with Gasteiger partial charge in [0.2, 0.25) is 0 Å². The van der Waals surface area contributed by atoms with E-state index in [1.54, 1.807) is 0 Å². The van der Waals surface area contributed by atoms with Crippen LogP contribution < -0.4 is 4.74 Å². The van der Waals surface area contributed by atoms with Gasteiger partial charge in [-0.05, 0) is 73.3 Å². The van der Waals surface area contributed by atoms with Crippen LogP contribution in [-0.2, 0) is 0 Å². The molecule has 0 radical (unpaired) electrons. The first-order chi connectivity index (χ1) is 21.2. The zero-order valence-corrected chi connectivity index (χ0v) is 23.8. The van der Waals surface area contributed by atoms with Crippen LogP contribution in [0.15, 0.2) is 128 Å². The Hall–Kier alpha value is -5.75. The van der Waals surface area contributed by atoms with Gasteiger partial charge in [-0.3, -0.25) is 9.55 Å². The first-order valence-electron chi connectivity index (χ1n) is 14.3. The molecule has 6 heteroatoms. The van der Waals surface area contributed by atoms with Crippen LogP contribution in [0.2, 0.25) is 0 Å². The summed E-state index contributed by atoms with van der Waals surface area (Å²) in [4.78, 5) is 8.94. The van der Waals surface area contributed by atoms with E-state index in [0.717, 1.165) is 67.3 Å². The number of para-hydroxylation sites is 1. The predicted molar refractivity (Wildman–Crippen MR) is 172 cm³/mol. The van der Waals surface area contributed by atoms with E-state index in [9.17, 15) is 0 Å². The molecule has 0 aliphatic rings. The lowest BCUT2D eigenvalue weighted by Gasteiger charge is -2.11. The molecule has 4 aromatic carbocycles. The molecular weight excluding hydrogens is 530 g/mol. The van der Waals surface area contributed by atoms with Crippen LogP contribution in [0.3, 0.4) is 0 Å². The number of aryl methyl sites for hydroxylation is 1. The second kappa shape index (κ2) is 9.96. The van der Waals surface area contributed by atoms with Gasteiger partial charge in [0, 0.05) is 58.1 Å². The molecule has 6 nitrogen and oxygen atoms in total. The van der Waals surface area contributed by atoms with Gasteiger partial charge in [0.1, 0.15) is 17.3 Å². The maximum Gasteiger partial charge on any atom is 0.137 e. The minimum Gasteiger partial charge on any atom is -0.457 e. The highest BCUT2D eigenvalue weighted by molar-refractivity contribution is 6.09. The number of nitrogens with zero attached hydrogens (tertiary/aromatic N) is 5. The molecule has 0 atom stereocenters. The smallest absolute Gasteiger partial charge is 0.137 e. The number of aromatic nitrogens is 5. The Morgan fingerprint density at radius 2 is 1.49 bits per heavy atom. The summed E-state index contributed by atoms with van der Waals surface area (Å²) in [6, 6.07) is 37.1. The number of pyridine rings is 2. The Balaban J connectivity index is 1.19. The van der Waals surface area contributed by atoms with Crippen molar-refractivity contribution in [3.05, 3.63) is 139 Å². The van der Waals surface area contributed by atoms with Crippen LogP contribution in [0, 0.1) is 13.8 Å². The maximum atomic E-state index is 6.47. The fourth-order valence-corrected chi connectivity index (χ4v) is 6.19. The fraction of sp³-hybridized carbons (Fsp3) is 0.0541. The molecule has 0 saturated carbocycles. The van der Waals surface area contributed by atoms with Crippen LogP contribution >= 0.6 is 0 Å². The summed E-state index contributed by atoms with van der Waals surface area (Å²) in [7, 11) is 0. The van der Waals surface area contributed by atoms with E-state index in [1.165, 1.54) is 10.8 Å². The monoisotopic (exact) mass is 557 g/mol. The highest BCUT2D eigenvalue weighted by Crippen LogP contribution is 2.36. The summed E-state index contributed by atoms with van der Waals surface area (Å²) < 4.78 is 10.7. The molecule has 0 amide bonds. The summed E-state index contributed by atoms with van der Waals surface area (Å²) in [6.45, 7) is 4.18. The third kappa shape index (κ3) is 4.15. The molecule has 4 aromatic heterocycles. The van der Waals surface area contributed by atoms with Gasteiger partial charge >= 0.3 is 0 Å². The van der Waals surface area contributed by atoms with E-state index in [-0.39, 0.29) is 0 Å². The number of fused-ring (bicyclic) bond motifs is 4. The van der Waals surface area contributed by atoms with Gasteiger partial charge < -0.3 is 4.74 Å². The SMILES string of the molecule is Cc1nn(-c2cccc(Oc3ccc4c5ccccc5n(-c5ccccn5)c4c3)c2)c(C)c1-c1cccc2cnccc12. The molecule has 0 aliphatic heterocycles. The highest BCUT2D eigenvalue weighted by atomic mass is 16.5. The average Bonchev–Trinajstić information content (AvgIpc) is 3.54. The summed E-state index contributed by atoms with van der Waals surface area (Å²) in [5.41, 5.74) is 7.43. The molecule has 43 heavy (non-hydrogen) atoms. The number of hydrogen-bond donors (Lipinski definition) is 0. The van der Waals surface area contributed by atoms with E-state index in [2.05, 4.69) is 95.1 Å². The summed E-state index contributed by atoms with van der Waals surface area (Å²) >= 11 is 0. The van der Waals surface area contributed by atoms with Crippen molar-refractivity contribution in [2.75, 3.05) is 0 Å². The van der Waals surface area contributed by atoms with Crippen molar-refractivity contribution in [2.45, 2.75) is 13.8 Å². The zero-order chi connectivity index (χ0) is 28.9. The lowest BCUT2D eigenvalue weighted by atomic mass is 9.98. The maximum absolute atomic E-state index is 6.47. The van der Waals surface area contributed by atoms with Crippen LogP contribution in [-0.4, -0.2) is 24.3 Å². The van der Waals surface area contributed by atoms with E-state index in [4.69, 9.17) is 9.84 Å². The lowest BCUT2D eigenvalue weighted by molar-refractivity contribution is 0.483. The Morgan fingerprint density at radius 3 is 2.40 bits per heavy atom. The van der Waals surface area contributed by atoms with Gasteiger partial charge in [-0.2, -0.15) is 5.10 Å². The standard InChI is InChI=1S/C37H27N5O/c1-24-37(33-13-7-9-26-23-38-20-18-30(26)33)25(2)42(40-24)27-10-8-11-28(21-27)43-29-16-17-32-31-12-3-4-14-34(31)41(35(32)22-29)36-15-5-6-19-39-36/h3-23H,1-2H3. The minimum absolute atomic E-state index is 0.739. The molecule has 0 bridgehead atoms. The number of ether oxygens (including phenoxy) is 1. The van der Waals surface area contributed by atoms with Crippen LogP contribution in [0.5, 0.6) is 11.5 Å². The summed E-state index contributed by atoms with van der Waals surface area (Å²) in [6.07, 6.45) is 5.57. The third-order valence-electron chi connectivity index (χ3n) is 8.06. The molecule has 4 heterocycles. The van der Waals surface area contributed by atoms with E-state index >= 15 is 0 Å². The van der Waals surface area contributed by atoms with Crippen molar-refractivity contribution in [2.24, 2.45) is 0 Å². The normalized spacial score (nSPS) is 11.5. The topological polar surface area (TPSA) is 57.8 Å². The first-order valence-corrected chi connectivity index (χ1v) is 14.3. The lowest BCUT2D eigenvalue weighted by Crippen LogP contribution is -1.99. The highest BCUT2D eigenvalue weighted by Gasteiger charge is 2.18. The van der Waals surface area contributed by atoms with Gasteiger partial charge in [0.25, 0.3) is 0 Å². The Morgan fingerprint density at radius 1 is 0.651 bits per heavy atom. The van der Waals surface area contributed by atoms with Gasteiger partial charge in [0.15, 0.2) is 0 Å². The fourth-order valence-electron chi connectivity index (χ4n) is 6.19. The second-order valence-corrected chi connectivity index (χ2v) is 10.7. The Labute approximate surface area is 248 Å². The zero-order valence-electron chi connectivity index (χ0n) is 23.8. The van der Waals surface area contributed by atoms with E-state index < -0.39 is 0 Å². The molecule has 0 unspecified atom stereocenters. The largest absolute Gasteiger partial charge is 0.457 e. The van der Waals surface area contributed by atoms with Gasteiger partial charge in [-0.25, -0.2) is 9.67 Å². The third-order valence-corrected chi connectivity index (χ3v) is 8.06. The van der Waals surface area contributed by atoms with Crippen molar-refractivity contribution in [3.8, 4) is 34.1 Å². The number of rotatable bonds is 5. The minimum atomic E-state index is 0.739. The molecule has 0 N–H and O–H groups in total. The van der Waals surface area contributed by atoms with Crippen molar-refractivity contribution in [1.29, 1.82) is 0 Å². The molecule has 8 rings (SSSR count). The summed E-state index contributed by atoms with van der Waals surface area (Å²) in [5.74, 6) is 2.36.